The molecule has 0 unspecified atom stereocenters. The average Bonchev–Trinajstić information content (AvgIpc) is 2.96. The van der Waals surface area contributed by atoms with Crippen molar-refractivity contribution in [2.45, 2.75) is 12.8 Å². The first kappa shape index (κ1) is 13.6. The molecule has 0 aliphatic carbocycles. The first-order chi connectivity index (χ1) is 10.3. The molecule has 3 nitrogen and oxygen atoms in total. The number of aromatic nitrogens is 1. The number of nitrogens with one attached hydrogen (secondary N) is 1. The predicted molar refractivity (Wildman–Crippen MR) is 85.3 cm³/mol. The third-order valence-electron chi connectivity index (χ3n) is 3.72. The second kappa shape index (κ2) is 5.92. The summed E-state index contributed by atoms with van der Waals surface area (Å²) in [4.78, 5) is 3.46. The summed E-state index contributed by atoms with van der Waals surface area (Å²) in [5.41, 5.74) is 3.62. The van der Waals surface area contributed by atoms with Crippen LogP contribution in [-0.2, 0) is 12.8 Å². The van der Waals surface area contributed by atoms with Crippen LogP contribution in [0.3, 0.4) is 0 Å². The van der Waals surface area contributed by atoms with Crippen molar-refractivity contribution in [3.63, 3.8) is 0 Å². The van der Waals surface area contributed by atoms with Crippen LogP contribution in [0.25, 0.3) is 10.9 Å². The van der Waals surface area contributed by atoms with Gasteiger partial charge in [0, 0.05) is 16.6 Å². The Morgan fingerprint density at radius 1 is 0.905 bits per heavy atom. The van der Waals surface area contributed by atoms with Gasteiger partial charge in [0.05, 0.1) is 14.2 Å². The maximum atomic E-state index is 5.40. The van der Waals surface area contributed by atoms with Crippen LogP contribution in [-0.4, -0.2) is 19.2 Å². The Hall–Kier alpha value is -2.42. The van der Waals surface area contributed by atoms with Crippen molar-refractivity contribution in [2.24, 2.45) is 0 Å². The highest BCUT2D eigenvalue weighted by Crippen LogP contribution is 2.26. The lowest BCUT2D eigenvalue weighted by molar-refractivity contribution is 0.414. The first-order valence-corrected chi connectivity index (χ1v) is 7.07. The Morgan fingerprint density at radius 3 is 2.57 bits per heavy atom. The van der Waals surface area contributed by atoms with Crippen LogP contribution in [0.4, 0.5) is 0 Å². The van der Waals surface area contributed by atoms with Gasteiger partial charge in [0.2, 0.25) is 0 Å². The smallest absolute Gasteiger partial charge is 0.128 e. The van der Waals surface area contributed by atoms with E-state index in [1.54, 1.807) is 14.2 Å². The number of ether oxygens (including phenoxy) is 2. The molecule has 1 heterocycles. The van der Waals surface area contributed by atoms with E-state index in [9.17, 15) is 0 Å². The minimum Gasteiger partial charge on any atom is -0.497 e. The molecule has 1 aromatic heterocycles. The van der Waals surface area contributed by atoms with Gasteiger partial charge in [-0.05, 0) is 48.7 Å². The van der Waals surface area contributed by atoms with Crippen LogP contribution in [0.15, 0.2) is 48.5 Å². The molecule has 0 radical (unpaired) electrons. The molecule has 3 aromatic rings. The third kappa shape index (κ3) is 2.87. The minimum atomic E-state index is 0.908. The van der Waals surface area contributed by atoms with Gasteiger partial charge in [-0.3, -0.25) is 0 Å². The van der Waals surface area contributed by atoms with Crippen LogP contribution in [0, 0.1) is 0 Å². The first-order valence-electron chi connectivity index (χ1n) is 7.07. The van der Waals surface area contributed by atoms with Crippen LogP contribution in [0.2, 0.25) is 0 Å². The highest BCUT2D eigenvalue weighted by Gasteiger charge is 2.06. The number of rotatable bonds is 5. The molecule has 3 rings (SSSR count). The second-order valence-corrected chi connectivity index (χ2v) is 5.07. The van der Waals surface area contributed by atoms with E-state index in [4.69, 9.17) is 9.47 Å². The van der Waals surface area contributed by atoms with E-state index < -0.39 is 0 Å². The lowest BCUT2D eigenvalue weighted by atomic mass is 10.1. The highest BCUT2D eigenvalue weighted by molar-refractivity contribution is 5.86. The van der Waals surface area contributed by atoms with E-state index in [-0.39, 0.29) is 0 Å². The summed E-state index contributed by atoms with van der Waals surface area (Å²) in [5, 5.41) is 1.14. The lowest BCUT2D eigenvalue weighted by Gasteiger charge is -2.03. The number of methoxy groups -OCH3 is 2. The Kier molecular flexibility index (Phi) is 3.82. The van der Waals surface area contributed by atoms with Gasteiger partial charge in [0.15, 0.2) is 0 Å². The van der Waals surface area contributed by atoms with Crippen LogP contribution >= 0.6 is 0 Å². The molecule has 0 aliphatic rings. The van der Waals surface area contributed by atoms with E-state index in [0.717, 1.165) is 35.2 Å². The second-order valence-electron chi connectivity index (χ2n) is 5.07. The molecule has 0 saturated heterocycles. The predicted octanol–water partition coefficient (Wildman–Crippen LogP) is 3.97. The van der Waals surface area contributed by atoms with Gasteiger partial charge in [-0.15, -0.1) is 0 Å². The SMILES string of the molecule is COc1cccc(CCc2cc3c(OC)cccc3[nH]2)c1. The summed E-state index contributed by atoms with van der Waals surface area (Å²) in [7, 11) is 3.40. The molecule has 1 N–H and O–H groups in total. The molecule has 0 bridgehead atoms. The van der Waals surface area contributed by atoms with E-state index in [1.165, 1.54) is 11.3 Å². The van der Waals surface area contributed by atoms with Crippen molar-refractivity contribution in [2.75, 3.05) is 14.2 Å². The van der Waals surface area contributed by atoms with E-state index in [1.807, 2.05) is 24.3 Å². The summed E-state index contributed by atoms with van der Waals surface area (Å²) in [6.07, 6.45) is 1.94. The molecular weight excluding hydrogens is 262 g/mol. The van der Waals surface area contributed by atoms with Crippen LogP contribution in [0.5, 0.6) is 11.5 Å². The van der Waals surface area contributed by atoms with Gasteiger partial charge in [-0.25, -0.2) is 0 Å². The van der Waals surface area contributed by atoms with E-state index in [2.05, 4.69) is 29.2 Å². The van der Waals surface area contributed by atoms with Crippen molar-refractivity contribution in [3.8, 4) is 11.5 Å². The zero-order valence-electron chi connectivity index (χ0n) is 12.3. The molecule has 21 heavy (non-hydrogen) atoms. The van der Waals surface area contributed by atoms with Gasteiger partial charge in [0.1, 0.15) is 11.5 Å². The van der Waals surface area contributed by atoms with Crippen LogP contribution in [0.1, 0.15) is 11.3 Å². The zero-order chi connectivity index (χ0) is 14.7. The van der Waals surface area contributed by atoms with Crippen molar-refractivity contribution >= 4 is 10.9 Å². The standard InChI is InChI=1S/C18H19NO2/c1-20-15-6-3-5-13(11-15)9-10-14-12-16-17(19-14)7-4-8-18(16)21-2/h3-8,11-12,19H,9-10H2,1-2H3. The van der Waals surface area contributed by atoms with Crippen molar-refractivity contribution in [1.82, 2.24) is 4.98 Å². The molecule has 0 saturated carbocycles. The van der Waals surface area contributed by atoms with Gasteiger partial charge >= 0.3 is 0 Å². The van der Waals surface area contributed by atoms with Crippen molar-refractivity contribution in [3.05, 3.63) is 59.8 Å². The number of fused-ring (bicyclic) bond motifs is 1. The molecule has 0 amide bonds. The van der Waals surface area contributed by atoms with E-state index in [0.29, 0.717) is 0 Å². The monoisotopic (exact) mass is 281 g/mol. The molecule has 0 aliphatic heterocycles. The summed E-state index contributed by atoms with van der Waals surface area (Å²) in [6.45, 7) is 0. The molecule has 0 fully saturated rings. The molecule has 3 heteroatoms. The summed E-state index contributed by atoms with van der Waals surface area (Å²) in [6, 6.07) is 16.5. The van der Waals surface area contributed by atoms with Gasteiger partial charge in [-0.1, -0.05) is 18.2 Å². The maximum absolute atomic E-state index is 5.40. The topological polar surface area (TPSA) is 34.2 Å². The third-order valence-corrected chi connectivity index (χ3v) is 3.72. The Bertz CT molecular complexity index is 746. The quantitative estimate of drug-likeness (QED) is 0.768. The Balaban J connectivity index is 1.78. The van der Waals surface area contributed by atoms with Gasteiger partial charge in [-0.2, -0.15) is 0 Å². The number of H-pyrrole nitrogens is 1. The zero-order valence-corrected chi connectivity index (χ0v) is 12.3. The summed E-state index contributed by atoms with van der Waals surface area (Å²) >= 11 is 0. The van der Waals surface area contributed by atoms with Crippen LogP contribution < -0.4 is 9.47 Å². The van der Waals surface area contributed by atoms with Crippen molar-refractivity contribution in [1.29, 1.82) is 0 Å². The maximum Gasteiger partial charge on any atom is 0.128 e. The molecule has 108 valence electrons. The number of hydrogen-bond donors (Lipinski definition) is 1. The highest BCUT2D eigenvalue weighted by atomic mass is 16.5. The average molecular weight is 281 g/mol. The normalized spacial score (nSPS) is 10.8. The Morgan fingerprint density at radius 2 is 1.76 bits per heavy atom. The molecule has 2 aromatic carbocycles. The Labute approximate surface area is 124 Å². The fourth-order valence-corrected chi connectivity index (χ4v) is 2.60. The molecule has 0 spiro atoms. The number of aromatic amines is 1. The van der Waals surface area contributed by atoms with E-state index >= 15 is 0 Å². The summed E-state index contributed by atoms with van der Waals surface area (Å²) in [5.74, 6) is 1.82. The van der Waals surface area contributed by atoms with Crippen molar-refractivity contribution < 1.29 is 9.47 Å². The number of aryl methyl sites for hydroxylation is 2. The number of benzene rings is 2. The lowest BCUT2D eigenvalue weighted by Crippen LogP contribution is -1.92. The summed E-state index contributed by atoms with van der Waals surface area (Å²) < 4.78 is 10.7. The fraction of sp³-hybridized carbons (Fsp3) is 0.222. The molecule has 0 atom stereocenters. The minimum absolute atomic E-state index is 0.908. The van der Waals surface area contributed by atoms with Gasteiger partial charge < -0.3 is 14.5 Å². The molecular formula is C18H19NO2. The number of hydrogen-bond acceptors (Lipinski definition) is 2. The van der Waals surface area contributed by atoms with Gasteiger partial charge in [0.25, 0.3) is 0 Å². The fourth-order valence-electron chi connectivity index (χ4n) is 2.60. The largest absolute Gasteiger partial charge is 0.497 e.